The average molecular weight is 663 g/mol. The fourth-order valence-corrected chi connectivity index (χ4v) is 4.51. The maximum atomic E-state index is 14.4. The normalized spacial score (nSPS) is 19.2. The number of amides is 2. The summed E-state index contributed by atoms with van der Waals surface area (Å²) < 4.78 is 108. The van der Waals surface area contributed by atoms with E-state index in [0.29, 0.717) is 6.07 Å². The van der Waals surface area contributed by atoms with Gasteiger partial charge in [-0.2, -0.15) is 31.2 Å². The summed E-state index contributed by atoms with van der Waals surface area (Å²) in [6.45, 7) is 17.0. The highest BCUT2D eigenvalue weighted by molar-refractivity contribution is 6.11. The molecule has 1 fully saturated rings. The van der Waals surface area contributed by atoms with Crippen LogP contribution in [-0.2, 0) is 21.1 Å². The van der Waals surface area contributed by atoms with Crippen molar-refractivity contribution in [1.82, 2.24) is 15.2 Å². The summed E-state index contributed by atoms with van der Waals surface area (Å²) in [5.74, 6) is -3.73. The largest absolute Gasteiger partial charge is 0.474 e. The summed E-state index contributed by atoms with van der Waals surface area (Å²) in [4.78, 5) is 30.9. The van der Waals surface area contributed by atoms with Crippen molar-refractivity contribution in [2.75, 3.05) is 4.90 Å². The van der Waals surface area contributed by atoms with Crippen LogP contribution in [0.1, 0.15) is 79.2 Å². The standard InChI is InChI=1S/C30H36F6N4O6/c1-10-12-16(3)43-21-18(29(31,32)33)14-19(40(24(41)45-26(4,5)6)25(42)46-27(7,8)9)20(37-21)22-38-39-23(44-22)28(30(34,35)36)15-17(28)13-11-2/h10-11,14,16-17H,1-2,12-13,15H2,3-9H3/t16-,17?,28+/m1/s1. The van der Waals surface area contributed by atoms with E-state index in [1.165, 1.54) is 60.6 Å². The number of aromatic nitrogens is 3. The van der Waals surface area contributed by atoms with Gasteiger partial charge in [-0.15, -0.1) is 23.4 Å². The van der Waals surface area contributed by atoms with Crippen molar-refractivity contribution in [2.24, 2.45) is 5.92 Å². The van der Waals surface area contributed by atoms with Gasteiger partial charge in [0.15, 0.2) is 5.69 Å². The molecule has 2 heterocycles. The van der Waals surface area contributed by atoms with Crippen LogP contribution in [0, 0.1) is 5.92 Å². The maximum absolute atomic E-state index is 14.4. The predicted octanol–water partition coefficient (Wildman–Crippen LogP) is 8.57. The van der Waals surface area contributed by atoms with Crippen LogP contribution in [0.4, 0.5) is 41.6 Å². The summed E-state index contributed by atoms with van der Waals surface area (Å²) in [7, 11) is 0. The molecule has 0 N–H and O–H groups in total. The second-order valence-corrected chi connectivity index (χ2v) is 12.8. The van der Waals surface area contributed by atoms with E-state index in [-0.39, 0.29) is 17.7 Å². The quantitative estimate of drug-likeness (QED) is 0.192. The molecule has 1 saturated carbocycles. The first-order valence-electron chi connectivity index (χ1n) is 14.1. The molecule has 0 aliphatic heterocycles. The lowest BCUT2D eigenvalue weighted by molar-refractivity contribution is -0.169. The van der Waals surface area contributed by atoms with Crippen LogP contribution >= 0.6 is 0 Å². The monoisotopic (exact) mass is 662 g/mol. The van der Waals surface area contributed by atoms with Gasteiger partial charge in [0, 0.05) is 6.42 Å². The third-order valence-electron chi connectivity index (χ3n) is 6.55. The predicted molar refractivity (Wildman–Crippen MR) is 153 cm³/mol. The summed E-state index contributed by atoms with van der Waals surface area (Å²) in [6.07, 6.45) is -11.5. The number of hydrogen-bond acceptors (Lipinski definition) is 9. The molecule has 2 aromatic heterocycles. The van der Waals surface area contributed by atoms with Crippen molar-refractivity contribution in [2.45, 2.75) is 103 Å². The molecule has 0 radical (unpaired) electrons. The van der Waals surface area contributed by atoms with Gasteiger partial charge in [0.1, 0.15) is 28.3 Å². The van der Waals surface area contributed by atoms with Crippen LogP contribution in [-0.4, -0.2) is 50.9 Å². The minimum absolute atomic E-state index is 0.0365. The molecule has 1 aliphatic rings. The Bertz CT molecular complexity index is 1450. The van der Waals surface area contributed by atoms with E-state index in [0.717, 1.165) is 0 Å². The number of alkyl halides is 6. The maximum Gasteiger partial charge on any atom is 0.424 e. The first-order chi connectivity index (χ1) is 20.9. The fraction of sp³-hybridized carbons (Fsp3) is 0.567. The van der Waals surface area contributed by atoms with E-state index < -0.39 is 94.2 Å². The Balaban J connectivity index is 2.38. The van der Waals surface area contributed by atoms with Crippen LogP contribution in [0.3, 0.4) is 0 Å². The lowest BCUT2D eigenvalue weighted by atomic mass is 10.0. The summed E-state index contributed by atoms with van der Waals surface area (Å²) >= 11 is 0. The number of ether oxygens (including phenoxy) is 3. The average Bonchev–Trinajstić information content (AvgIpc) is 3.39. The van der Waals surface area contributed by atoms with E-state index in [1.54, 1.807) is 0 Å². The van der Waals surface area contributed by atoms with Crippen molar-refractivity contribution in [3.63, 3.8) is 0 Å². The number of carbonyl (C=O) groups is 2. The smallest absolute Gasteiger partial charge is 0.424 e. The van der Waals surface area contributed by atoms with Gasteiger partial charge in [0.05, 0.1) is 5.69 Å². The fourth-order valence-electron chi connectivity index (χ4n) is 4.51. The van der Waals surface area contributed by atoms with Crippen molar-refractivity contribution in [3.8, 4) is 17.5 Å². The SMILES string of the molecule is C=CCC1C[C@]1(c1nnc(-c2nc(O[C@H](C)CC=C)c(C(F)(F)F)cc2N(C(=O)OC(C)(C)C)C(=O)OC(C)(C)C)o1)C(F)(F)F. The van der Waals surface area contributed by atoms with Crippen LogP contribution in [0.5, 0.6) is 5.88 Å². The van der Waals surface area contributed by atoms with Crippen molar-refractivity contribution in [3.05, 3.63) is 42.8 Å². The Morgan fingerprint density at radius 2 is 1.59 bits per heavy atom. The lowest BCUT2D eigenvalue weighted by Gasteiger charge is -2.29. The van der Waals surface area contributed by atoms with Gasteiger partial charge in [-0.25, -0.2) is 14.6 Å². The molecule has 3 rings (SSSR count). The topological polar surface area (TPSA) is 117 Å². The number of imide groups is 1. The van der Waals surface area contributed by atoms with E-state index in [4.69, 9.17) is 18.6 Å². The Morgan fingerprint density at radius 1 is 1.02 bits per heavy atom. The van der Waals surface area contributed by atoms with Gasteiger partial charge < -0.3 is 18.6 Å². The highest BCUT2D eigenvalue weighted by Gasteiger charge is 2.74. The molecule has 0 spiro atoms. The molecule has 16 heteroatoms. The third-order valence-corrected chi connectivity index (χ3v) is 6.55. The van der Waals surface area contributed by atoms with Crippen LogP contribution in [0.15, 0.2) is 35.8 Å². The second-order valence-electron chi connectivity index (χ2n) is 12.8. The molecular formula is C30H36F6N4O6. The van der Waals surface area contributed by atoms with E-state index in [1.807, 2.05) is 0 Å². The van der Waals surface area contributed by atoms with Crippen molar-refractivity contribution in [1.29, 1.82) is 0 Å². The minimum Gasteiger partial charge on any atom is -0.474 e. The number of allylic oxidation sites excluding steroid dienone is 1. The molecule has 1 unspecified atom stereocenters. The molecule has 3 atom stereocenters. The third kappa shape index (κ3) is 7.99. The molecule has 2 amide bonds. The number of nitrogens with zero attached hydrogens (tertiary/aromatic N) is 4. The van der Waals surface area contributed by atoms with Crippen LogP contribution in [0.2, 0.25) is 0 Å². The summed E-state index contributed by atoms with van der Waals surface area (Å²) in [6, 6.07) is 0.354. The summed E-state index contributed by atoms with van der Waals surface area (Å²) in [5, 5.41) is 7.26. The zero-order chi connectivity index (χ0) is 35.0. The molecular weight excluding hydrogens is 626 g/mol. The van der Waals surface area contributed by atoms with Gasteiger partial charge in [-0.3, -0.25) is 0 Å². The number of halogens is 6. The molecule has 0 saturated heterocycles. The van der Waals surface area contributed by atoms with Gasteiger partial charge in [0.2, 0.25) is 11.8 Å². The van der Waals surface area contributed by atoms with Crippen molar-refractivity contribution >= 4 is 17.9 Å². The zero-order valence-electron chi connectivity index (χ0n) is 26.4. The van der Waals surface area contributed by atoms with Gasteiger partial charge in [-0.05, 0) is 73.3 Å². The lowest BCUT2D eigenvalue weighted by Crippen LogP contribution is -2.44. The molecule has 2 aromatic rings. The first kappa shape index (κ1) is 36.4. The molecule has 1 aliphatic carbocycles. The highest BCUT2D eigenvalue weighted by atomic mass is 19.4. The van der Waals surface area contributed by atoms with E-state index in [2.05, 4.69) is 28.3 Å². The first-order valence-corrected chi connectivity index (χ1v) is 14.1. The van der Waals surface area contributed by atoms with Crippen molar-refractivity contribution < 1.29 is 54.6 Å². The van der Waals surface area contributed by atoms with Gasteiger partial charge in [-0.1, -0.05) is 12.2 Å². The van der Waals surface area contributed by atoms with Gasteiger partial charge in [0.25, 0.3) is 5.89 Å². The Labute approximate surface area is 261 Å². The Kier molecular flexibility index (Phi) is 9.95. The molecule has 0 bridgehead atoms. The summed E-state index contributed by atoms with van der Waals surface area (Å²) in [5.41, 5.74) is -8.30. The molecule has 254 valence electrons. The number of hydrogen-bond donors (Lipinski definition) is 0. The minimum atomic E-state index is -5.16. The van der Waals surface area contributed by atoms with Crippen LogP contribution in [0.25, 0.3) is 11.6 Å². The molecule has 46 heavy (non-hydrogen) atoms. The number of anilines is 1. The van der Waals surface area contributed by atoms with Gasteiger partial charge >= 0.3 is 24.5 Å². The molecule has 10 nitrogen and oxygen atoms in total. The van der Waals surface area contributed by atoms with Crippen LogP contribution < -0.4 is 9.64 Å². The zero-order valence-corrected chi connectivity index (χ0v) is 26.4. The highest BCUT2D eigenvalue weighted by Crippen LogP contribution is 2.64. The molecule has 0 aromatic carbocycles. The van der Waals surface area contributed by atoms with E-state index >= 15 is 0 Å². The Hall–Kier alpha value is -4.11. The second kappa shape index (κ2) is 12.6. The number of carbonyl (C=O) groups excluding carboxylic acids is 2. The number of pyridine rings is 1. The Morgan fingerprint density at radius 3 is 2.04 bits per heavy atom. The number of rotatable bonds is 9. The van der Waals surface area contributed by atoms with E-state index in [9.17, 15) is 35.9 Å².